The second-order valence-corrected chi connectivity index (χ2v) is 8.00. The summed E-state index contributed by atoms with van der Waals surface area (Å²) in [6.45, 7) is 4.51. The van der Waals surface area contributed by atoms with Crippen LogP contribution < -0.4 is 0 Å². The van der Waals surface area contributed by atoms with E-state index in [-0.39, 0.29) is 0 Å². The van der Waals surface area contributed by atoms with Crippen molar-refractivity contribution in [3.63, 3.8) is 0 Å². The molecule has 0 radical (unpaired) electrons. The number of hydrogen-bond donors (Lipinski definition) is 0. The fourth-order valence-electron chi connectivity index (χ4n) is 4.48. The Morgan fingerprint density at radius 3 is 2.52 bits per heavy atom. The quantitative estimate of drug-likeness (QED) is 0.514. The highest BCUT2D eigenvalue weighted by atomic mass is 16.5. The molecule has 4 aliphatic carbocycles. The molecule has 0 aliphatic heterocycles. The van der Waals surface area contributed by atoms with Crippen molar-refractivity contribution in [2.75, 3.05) is 0 Å². The van der Waals surface area contributed by atoms with Gasteiger partial charge >= 0.3 is 0 Å². The smallest absolute Gasteiger partial charge is 0.108 e. The molecule has 0 fully saturated rings. The van der Waals surface area contributed by atoms with Gasteiger partial charge in [-0.3, -0.25) is 0 Å². The average Bonchev–Trinajstić information content (AvgIpc) is 2.71. The Balaban J connectivity index is 1.69. The Morgan fingerprint density at radius 2 is 1.67 bits per heavy atom. The van der Waals surface area contributed by atoms with Crippen molar-refractivity contribution in [2.45, 2.75) is 52.4 Å². The van der Waals surface area contributed by atoms with E-state index in [0.29, 0.717) is 11.8 Å². The van der Waals surface area contributed by atoms with Crippen LogP contribution in [0.25, 0.3) is 0 Å². The zero-order valence-corrected chi connectivity index (χ0v) is 16.6. The zero-order valence-electron chi connectivity index (χ0n) is 16.6. The van der Waals surface area contributed by atoms with Crippen molar-refractivity contribution in [3.05, 3.63) is 94.6 Å². The van der Waals surface area contributed by atoms with E-state index in [2.05, 4.69) is 74.6 Å². The molecule has 4 aliphatic rings. The van der Waals surface area contributed by atoms with E-state index < -0.39 is 0 Å². The van der Waals surface area contributed by atoms with Crippen LogP contribution in [-0.2, 0) is 4.74 Å². The van der Waals surface area contributed by atoms with Crippen LogP contribution in [0.4, 0.5) is 0 Å². The molecule has 0 saturated heterocycles. The maximum atomic E-state index is 6.53. The van der Waals surface area contributed by atoms with Crippen LogP contribution in [0.3, 0.4) is 0 Å². The minimum atomic E-state index is 0.410. The summed E-state index contributed by atoms with van der Waals surface area (Å²) in [6, 6.07) is 0. The summed E-state index contributed by atoms with van der Waals surface area (Å²) in [5, 5.41) is 0. The van der Waals surface area contributed by atoms with Gasteiger partial charge in [-0.2, -0.15) is 0 Å². The summed E-state index contributed by atoms with van der Waals surface area (Å²) < 4.78 is 6.53. The highest BCUT2D eigenvalue weighted by Gasteiger charge is 2.27. The Kier molecular flexibility index (Phi) is 5.48. The molecule has 0 bridgehead atoms. The van der Waals surface area contributed by atoms with Crippen LogP contribution in [0, 0.1) is 11.8 Å². The first-order valence-electron chi connectivity index (χ1n) is 10.4. The average molecular weight is 359 g/mol. The largest absolute Gasteiger partial charge is 0.465 e. The van der Waals surface area contributed by atoms with Crippen molar-refractivity contribution in [1.82, 2.24) is 0 Å². The van der Waals surface area contributed by atoms with Gasteiger partial charge in [-0.25, -0.2) is 0 Å². The Hall–Kier alpha value is -2.28. The Bertz CT molecular complexity index is 835. The lowest BCUT2D eigenvalue weighted by molar-refractivity contribution is 0.241. The summed E-state index contributed by atoms with van der Waals surface area (Å²) in [4.78, 5) is 0. The molecule has 1 heteroatoms. The molecule has 0 aromatic rings. The van der Waals surface area contributed by atoms with Gasteiger partial charge in [0.25, 0.3) is 0 Å². The molecular weight excluding hydrogens is 328 g/mol. The highest BCUT2D eigenvalue weighted by molar-refractivity contribution is 5.51. The van der Waals surface area contributed by atoms with Gasteiger partial charge < -0.3 is 4.74 Å². The third kappa shape index (κ3) is 3.88. The summed E-state index contributed by atoms with van der Waals surface area (Å²) in [5.41, 5.74) is 5.83. The first kappa shape index (κ1) is 18.1. The number of ether oxygens (including phenoxy) is 1. The van der Waals surface area contributed by atoms with E-state index in [1.54, 1.807) is 0 Å². The van der Waals surface area contributed by atoms with Crippen LogP contribution in [0.5, 0.6) is 0 Å². The van der Waals surface area contributed by atoms with Gasteiger partial charge in [0.15, 0.2) is 0 Å². The topological polar surface area (TPSA) is 9.23 Å². The molecule has 1 nitrogen and oxygen atoms in total. The minimum Gasteiger partial charge on any atom is -0.465 e. The lowest BCUT2D eigenvalue weighted by atomic mass is 9.76. The second-order valence-electron chi connectivity index (χ2n) is 8.00. The van der Waals surface area contributed by atoms with E-state index in [0.717, 1.165) is 44.3 Å². The molecule has 2 atom stereocenters. The van der Waals surface area contributed by atoms with Crippen LogP contribution in [-0.4, -0.2) is 0 Å². The predicted octanol–water partition coefficient (Wildman–Crippen LogP) is 7.26. The highest BCUT2D eigenvalue weighted by Crippen LogP contribution is 2.41. The van der Waals surface area contributed by atoms with Crippen molar-refractivity contribution >= 4 is 0 Å². The molecule has 0 heterocycles. The molecule has 2 unspecified atom stereocenters. The number of allylic oxidation sites excluding steroid dienone is 16. The molecule has 27 heavy (non-hydrogen) atoms. The molecule has 0 N–H and O–H groups in total. The Labute approximate surface area is 163 Å². The lowest BCUT2D eigenvalue weighted by Crippen LogP contribution is -2.17. The SMILES string of the molecule is CC1=C(C2=CC=CCC2C2=C(OC3=CC=CCC3C)CCC=C2)CCC=C1. The molecule has 4 rings (SSSR count). The summed E-state index contributed by atoms with van der Waals surface area (Å²) in [5.74, 6) is 3.17. The van der Waals surface area contributed by atoms with E-state index in [4.69, 9.17) is 4.74 Å². The monoisotopic (exact) mass is 358 g/mol. The summed E-state index contributed by atoms with van der Waals surface area (Å²) >= 11 is 0. The predicted molar refractivity (Wildman–Crippen MR) is 114 cm³/mol. The zero-order chi connectivity index (χ0) is 18.6. The van der Waals surface area contributed by atoms with Crippen molar-refractivity contribution in [3.8, 4) is 0 Å². The first-order chi connectivity index (χ1) is 13.2. The molecule has 140 valence electrons. The third-order valence-electron chi connectivity index (χ3n) is 6.06. The summed E-state index contributed by atoms with van der Waals surface area (Å²) in [6.07, 6.45) is 29.1. The molecule has 0 saturated carbocycles. The second kappa shape index (κ2) is 8.17. The molecular formula is C26H30O. The van der Waals surface area contributed by atoms with Crippen LogP contribution in [0.2, 0.25) is 0 Å². The van der Waals surface area contributed by atoms with Gasteiger partial charge in [-0.05, 0) is 67.4 Å². The van der Waals surface area contributed by atoms with Crippen molar-refractivity contribution in [2.24, 2.45) is 11.8 Å². The maximum Gasteiger partial charge on any atom is 0.108 e. The lowest BCUT2D eigenvalue weighted by Gasteiger charge is -2.31. The standard InChI is InChI=1S/C26H30O/c1-19-11-3-5-13-21(19)22-14-6-7-15-23(22)24-16-8-10-18-26(24)27-25-17-9-4-12-20(25)2/h3-4,6-9,11,14,16-17,20,23H,5,10,12-13,15,18H2,1-2H3. The molecule has 0 amide bonds. The maximum absolute atomic E-state index is 6.53. The van der Waals surface area contributed by atoms with Gasteiger partial charge in [0.05, 0.1) is 0 Å². The number of rotatable bonds is 4. The van der Waals surface area contributed by atoms with Crippen LogP contribution >= 0.6 is 0 Å². The van der Waals surface area contributed by atoms with Gasteiger partial charge in [-0.15, -0.1) is 0 Å². The van der Waals surface area contributed by atoms with Crippen LogP contribution in [0.15, 0.2) is 94.6 Å². The van der Waals surface area contributed by atoms with E-state index in [1.807, 2.05) is 0 Å². The molecule has 0 spiro atoms. The number of hydrogen-bond acceptors (Lipinski definition) is 1. The van der Waals surface area contributed by atoms with E-state index in [9.17, 15) is 0 Å². The van der Waals surface area contributed by atoms with E-state index in [1.165, 1.54) is 28.1 Å². The third-order valence-corrected chi connectivity index (χ3v) is 6.06. The van der Waals surface area contributed by atoms with Crippen LogP contribution in [0.1, 0.15) is 52.4 Å². The fraction of sp³-hybridized carbons (Fsp3) is 0.385. The van der Waals surface area contributed by atoms with Crippen molar-refractivity contribution < 1.29 is 4.74 Å². The fourth-order valence-corrected chi connectivity index (χ4v) is 4.48. The van der Waals surface area contributed by atoms with Gasteiger partial charge in [0, 0.05) is 18.3 Å². The van der Waals surface area contributed by atoms with Crippen molar-refractivity contribution in [1.29, 1.82) is 0 Å². The van der Waals surface area contributed by atoms with E-state index >= 15 is 0 Å². The minimum absolute atomic E-state index is 0.410. The summed E-state index contributed by atoms with van der Waals surface area (Å²) in [7, 11) is 0. The molecule has 0 aromatic heterocycles. The first-order valence-corrected chi connectivity index (χ1v) is 10.4. The van der Waals surface area contributed by atoms with Gasteiger partial charge in [0.2, 0.25) is 0 Å². The normalized spacial score (nSPS) is 27.8. The molecule has 0 aromatic carbocycles. The van der Waals surface area contributed by atoms with Gasteiger partial charge in [0.1, 0.15) is 11.5 Å². The Morgan fingerprint density at radius 1 is 0.889 bits per heavy atom. The van der Waals surface area contributed by atoms with Gasteiger partial charge in [-0.1, -0.05) is 61.6 Å².